The van der Waals surface area contributed by atoms with Crippen LogP contribution in [0.25, 0.3) is 0 Å². The third kappa shape index (κ3) is 2.37. The summed E-state index contributed by atoms with van der Waals surface area (Å²) in [7, 11) is 0. The minimum atomic E-state index is 0.867. The lowest BCUT2D eigenvalue weighted by atomic mass is 9.90. The van der Waals surface area contributed by atoms with Gasteiger partial charge in [-0.25, -0.2) is 0 Å². The molecular weight excluding hydrogens is 190 g/mol. The predicted molar refractivity (Wildman–Crippen MR) is 62.5 cm³/mol. The van der Waals surface area contributed by atoms with E-state index in [-0.39, 0.29) is 0 Å². The molecule has 2 unspecified atom stereocenters. The van der Waals surface area contributed by atoms with Gasteiger partial charge in [0.25, 0.3) is 0 Å². The molecule has 14 heavy (non-hydrogen) atoms. The maximum Gasteiger partial charge on any atom is 0.00480 e. The molecule has 1 saturated carbocycles. The van der Waals surface area contributed by atoms with E-state index in [1.807, 2.05) is 11.3 Å². The van der Waals surface area contributed by atoms with Crippen molar-refractivity contribution in [2.24, 2.45) is 17.6 Å². The van der Waals surface area contributed by atoms with Crippen molar-refractivity contribution in [3.05, 3.63) is 22.4 Å². The summed E-state index contributed by atoms with van der Waals surface area (Å²) in [6.45, 7) is 0.867. The van der Waals surface area contributed by atoms with Gasteiger partial charge in [-0.3, -0.25) is 0 Å². The molecule has 2 atom stereocenters. The Morgan fingerprint density at radius 3 is 2.93 bits per heavy atom. The fraction of sp³-hybridized carbons (Fsp3) is 0.667. The SMILES string of the molecule is NCCC1CCCC1Cc1cccs1. The summed E-state index contributed by atoms with van der Waals surface area (Å²) in [5.41, 5.74) is 5.65. The summed E-state index contributed by atoms with van der Waals surface area (Å²) in [4.78, 5) is 1.55. The summed E-state index contributed by atoms with van der Waals surface area (Å²) >= 11 is 1.90. The van der Waals surface area contributed by atoms with E-state index in [9.17, 15) is 0 Å². The van der Waals surface area contributed by atoms with E-state index in [0.717, 1.165) is 18.4 Å². The van der Waals surface area contributed by atoms with Crippen molar-refractivity contribution in [3.8, 4) is 0 Å². The molecule has 1 fully saturated rings. The molecule has 0 radical (unpaired) electrons. The molecule has 1 nitrogen and oxygen atoms in total. The van der Waals surface area contributed by atoms with E-state index >= 15 is 0 Å². The Labute approximate surface area is 90.3 Å². The van der Waals surface area contributed by atoms with Gasteiger partial charge < -0.3 is 5.73 Å². The third-order valence-electron chi connectivity index (χ3n) is 3.40. The Kier molecular flexibility index (Phi) is 3.60. The van der Waals surface area contributed by atoms with Crippen molar-refractivity contribution in [2.45, 2.75) is 32.1 Å². The second-order valence-electron chi connectivity index (χ2n) is 4.31. The van der Waals surface area contributed by atoms with Crippen molar-refractivity contribution in [3.63, 3.8) is 0 Å². The molecule has 0 spiro atoms. The Morgan fingerprint density at radius 1 is 1.36 bits per heavy atom. The van der Waals surface area contributed by atoms with Gasteiger partial charge in [-0.15, -0.1) is 11.3 Å². The molecule has 0 saturated heterocycles. The molecule has 2 N–H and O–H groups in total. The van der Waals surface area contributed by atoms with Crippen molar-refractivity contribution in [1.29, 1.82) is 0 Å². The molecule has 1 aromatic rings. The Balaban J connectivity index is 1.90. The van der Waals surface area contributed by atoms with Crippen molar-refractivity contribution >= 4 is 11.3 Å². The van der Waals surface area contributed by atoms with Crippen LogP contribution in [0.4, 0.5) is 0 Å². The smallest absolute Gasteiger partial charge is 0.00480 e. The molecular formula is C12H19NS. The zero-order chi connectivity index (χ0) is 9.80. The van der Waals surface area contributed by atoms with Crippen LogP contribution in [-0.4, -0.2) is 6.54 Å². The number of hydrogen-bond acceptors (Lipinski definition) is 2. The highest BCUT2D eigenvalue weighted by atomic mass is 32.1. The molecule has 1 heterocycles. The molecule has 1 aliphatic carbocycles. The van der Waals surface area contributed by atoms with Gasteiger partial charge in [-0.05, 0) is 49.1 Å². The van der Waals surface area contributed by atoms with Gasteiger partial charge in [0.15, 0.2) is 0 Å². The van der Waals surface area contributed by atoms with Gasteiger partial charge in [0.2, 0.25) is 0 Å². The summed E-state index contributed by atoms with van der Waals surface area (Å²) < 4.78 is 0. The standard InChI is InChI=1S/C12H19NS/c13-7-6-10-3-1-4-11(10)9-12-5-2-8-14-12/h2,5,8,10-11H,1,3-4,6-7,9,13H2. The summed E-state index contributed by atoms with van der Waals surface area (Å²) in [6, 6.07) is 4.43. The molecule has 0 bridgehead atoms. The lowest BCUT2D eigenvalue weighted by Crippen LogP contribution is -2.14. The molecule has 1 aliphatic rings. The predicted octanol–water partition coefficient (Wildman–Crippen LogP) is 3.06. The quantitative estimate of drug-likeness (QED) is 0.810. The molecule has 78 valence electrons. The molecule has 0 aliphatic heterocycles. The van der Waals surface area contributed by atoms with Crippen LogP contribution in [0.2, 0.25) is 0 Å². The minimum Gasteiger partial charge on any atom is -0.330 e. The topological polar surface area (TPSA) is 26.0 Å². The molecule has 2 rings (SSSR count). The highest BCUT2D eigenvalue weighted by molar-refractivity contribution is 7.09. The first kappa shape index (κ1) is 10.2. The number of thiophene rings is 1. The zero-order valence-corrected chi connectivity index (χ0v) is 9.43. The van der Waals surface area contributed by atoms with E-state index in [4.69, 9.17) is 5.73 Å². The van der Waals surface area contributed by atoms with E-state index in [0.29, 0.717) is 0 Å². The van der Waals surface area contributed by atoms with E-state index in [2.05, 4.69) is 17.5 Å². The van der Waals surface area contributed by atoms with Gasteiger partial charge in [0, 0.05) is 4.88 Å². The molecule has 1 aromatic heterocycles. The first-order valence-corrected chi connectivity index (χ1v) is 6.50. The van der Waals surface area contributed by atoms with Crippen LogP contribution in [0, 0.1) is 11.8 Å². The molecule has 0 amide bonds. The van der Waals surface area contributed by atoms with Crippen LogP contribution in [-0.2, 0) is 6.42 Å². The Bertz CT molecular complexity index is 255. The average molecular weight is 209 g/mol. The first-order chi connectivity index (χ1) is 6.90. The van der Waals surface area contributed by atoms with Gasteiger partial charge in [0.05, 0.1) is 0 Å². The Morgan fingerprint density at radius 2 is 2.21 bits per heavy atom. The Hall–Kier alpha value is -0.340. The van der Waals surface area contributed by atoms with Crippen molar-refractivity contribution in [1.82, 2.24) is 0 Å². The largest absolute Gasteiger partial charge is 0.330 e. The van der Waals surface area contributed by atoms with Crippen LogP contribution in [0.3, 0.4) is 0 Å². The third-order valence-corrected chi connectivity index (χ3v) is 4.30. The maximum atomic E-state index is 5.65. The van der Waals surface area contributed by atoms with Crippen LogP contribution >= 0.6 is 11.3 Å². The van der Waals surface area contributed by atoms with Gasteiger partial charge in [-0.1, -0.05) is 18.9 Å². The lowest BCUT2D eigenvalue weighted by Gasteiger charge is -2.17. The van der Waals surface area contributed by atoms with Crippen LogP contribution in [0.5, 0.6) is 0 Å². The molecule has 0 aromatic carbocycles. The van der Waals surface area contributed by atoms with Crippen molar-refractivity contribution in [2.75, 3.05) is 6.54 Å². The average Bonchev–Trinajstić information content (AvgIpc) is 2.80. The van der Waals surface area contributed by atoms with Gasteiger partial charge in [0.1, 0.15) is 0 Å². The number of rotatable bonds is 4. The highest BCUT2D eigenvalue weighted by Crippen LogP contribution is 2.36. The maximum absolute atomic E-state index is 5.65. The lowest BCUT2D eigenvalue weighted by molar-refractivity contribution is 0.369. The summed E-state index contributed by atoms with van der Waals surface area (Å²) in [6.07, 6.45) is 6.77. The van der Waals surface area contributed by atoms with Crippen LogP contribution < -0.4 is 5.73 Å². The van der Waals surface area contributed by atoms with E-state index in [1.54, 1.807) is 4.88 Å². The summed E-state index contributed by atoms with van der Waals surface area (Å²) in [5.74, 6) is 1.82. The second-order valence-corrected chi connectivity index (χ2v) is 5.34. The zero-order valence-electron chi connectivity index (χ0n) is 8.61. The second kappa shape index (κ2) is 4.94. The molecule has 2 heteroatoms. The minimum absolute atomic E-state index is 0.867. The van der Waals surface area contributed by atoms with Crippen LogP contribution in [0.1, 0.15) is 30.6 Å². The van der Waals surface area contributed by atoms with E-state index < -0.39 is 0 Å². The monoisotopic (exact) mass is 209 g/mol. The fourth-order valence-electron chi connectivity index (χ4n) is 2.66. The number of nitrogens with two attached hydrogens (primary N) is 1. The fourth-order valence-corrected chi connectivity index (χ4v) is 3.46. The van der Waals surface area contributed by atoms with Gasteiger partial charge >= 0.3 is 0 Å². The van der Waals surface area contributed by atoms with Crippen LogP contribution in [0.15, 0.2) is 17.5 Å². The normalized spacial score (nSPS) is 26.9. The van der Waals surface area contributed by atoms with Gasteiger partial charge in [-0.2, -0.15) is 0 Å². The van der Waals surface area contributed by atoms with Crippen molar-refractivity contribution < 1.29 is 0 Å². The summed E-state index contributed by atoms with van der Waals surface area (Å²) in [5, 5.41) is 2.18. The van der Waals surface area contributed by atoms with E-state index in [1.165, 1.54) is 32.1 Å². The highest BCUT2D eigenvalue weighted by Gasteiger charge is 2.26. The number of hydrogen-bond donors (Lipinski definition) is 1. The first-order valence-electron chi connectivity index (χ1n) is 5.62.